The van der Waals surface area contributed by atoms with E-state index in [0.717, 1.165) is 38.5 Å². The Kier molecular flexibility index (Phi) is 5.56. The van der Waals surface area contributed by atoms with Crippen LogP contribution in [0.2, 0.25) is 0 Å². The van der Waals surface area contributed by atoms with Gasteiger partial charge in [-0.2, -0.15) is 0 Å². The zero-order valence-corrected chi connectivity index (χ0v) is 22.5. The minimum absolute atomic E-state index is 0.0846. The summed E-state index contributed by atoms with van der Waals surface area (Å²) in [5.74, 6) is 2.97. The first kappa shape index (κ1) is 24.9. The van der Waals surface area contributed by atoms with E-state index >= 15 is 0 Å². The summed E-state index contributed by atoms with van der Waals surface area (Å²) < 4.78 is 0. The van der Waals surface area contributed by atoms with Gasteiger partial charge in [-0.05, 0) is 117 Å². The highest BCUT2D eigenvalue weighted by atomic mass is 16.3. The van der Waals surface area contributed by atoms with E-state index in [0.29, 0.717) is 35.3 Å². The molecule has 3 N–H and O–H groups in total. The van der Waals surface area contributed by atoms with E-state index in [2.05, 4.69) is 47.8 Å². The maximum atomic E-state index is 10.9. The molecule has 3 heteroatoms. The molecule has 0 spiro atoms. The molecule has 0 aliphatic heterocycles. The van der Waals surface area contributed by atoms with Gasteiger partial charge in [0.2, 0.25) is 0 Å². The van der Waals surface area contributed by atoms with Crippen LogP contribution in [0.25, 0.3) is 0 Å². The normalized spacial score (nSPS) is 56.6. The molecule has 5 aliphatic rings. The standard InChI is InChI=1S/C31H50O3/c1-19(2)21-10-15-31(20(3)33)17-16-29(6)22(26(21)31)8-9-24-27(4)13-12-25(34)28(5,18-32)23(27)11-14-30(24,29)7/h21-26,32-34H,1,3,8-18H2,2,4-7H3/t21-,22?,23+,24?,25-,26?,27-,28-,29+,30+,31+/m0/s1. The molecule has 0 amide bonds. The predicted octanol–water partition coefficient (Wildman–Crippen LogP) is 7.05. The number of allylic oxidation sites excluding steroid dienone is 2. The third-order valence-electron chi connectivity index (χ3n) is 13.8. The summed E-state index contributed by atoms with van der Waals surface area (Å²) in [5.41, 5.74) is 1.42. The van der Waals surface area contributed by atoms with Gasteiger partial charge in [0, 0.05) is 10.8 Å². The second kappa shape index (κ2) is 7.60. The van der Waals surface area contributed by atoms with Crippen molar-refractivity contribution in [2.24, 2.45) is 56.7 Å². The highest BCUT2D eigenvalue weighted by molar-refractivity contribution is 5.25. The fraction of sp³-hybridized carbons (Fsp3) is 0.871. The number of rotatable bonds is 3. The molecule has 0 radical (unpaired) electrons. The van der Waals surface area contributed by atoms with Gasteiger partial charge < -0.3 is 15.3 Å². The molecule has 34 heavy (non-hydrogen) atoms. The Morgan fingerprint density at radius 2 is 1.53 bits per heavy atom. The molecule has 5 fully saturated rings. The average Bonchev–Trinajstić information content (AvgIpc) is 3.18. The molecule has 5 rings (SSSR count). The fourth-order valence-electron chi connectivity index (χ4n) is 11.7. The minimum Gasteiger partial charge on any atom is -0.512 e. The average molecular weight is 471 g/mol. The van der Waals surface area contributed by atoms with Crippen molar-refractivity contribution in [2.45, 2.75) is 105 Å². The van der Waals surface area contributed by atoms with Crippen LogP contribution in [0.4, 0.5) is 0 Å². The molecular formula is C31H50O3. The second-order valence-corrected chi connectivity index (χ2v) is 14.5. The summed E-state index contributed by atoms with van der Waals surface area (Å²) in [6.07, 6.45) is 10.7. The summed E-state index contributed by atoms with van der Waals surface area (Å²) in [4.78, 5) is 0. The Bertz CT molecular complexity index is 880. The van der Waals surface area contributed by atoms with Crippen LogP contribution in [0.5, 0.6) is 0 Å². The first-order valence-electron chi connectivity index (χ1n) is 14.1. The van der Waals surface area contributed by atoms with E-state index in [-0.39, 0.29) is 33.7 Å². The molecular weight excluding hydrogens is 420 g/mol. The van der Waals surface area contributed by atoms with Gasteiger partial charge in [0.25, 0.3) is 0 Å². The first-order valence-corrected chi connectivity index (χ1v) is 14.1. The first-order chi connectivity index (χ1) is 15.8. The molecule has 0 heterocycles. The third-order valence-corrected chi connectivity index (χ3v) is 13.8. The predicted molar refractivity (Wildman–Crippen MR) is 138 cm³/mol. The van der Waals surface area contributed by atoms with Crippen molar-refractivity contribution in [2.75, 3.05) is 6.61 Å². The molecule has 11 atom stereocenters. The van der Waals surface area contributed by atoms with Gasteiger partial charge in [-0.1, -0.05) is 46.4 Å². The van der Waals surface area contributed by atoms with Crippen molar-refractivity contribution < 1.29 is 15.3 Å². The van der Waals surface area contributed by atoms with Crippen LogP contribution in [0, 0.1) is 56.7 Å². The Morgan fingerprint density at radius 1 is 0.824 bits per heavy atom. The summed E-state index contributed by atoms with van der Waals surface area (Å²) >= 11 is 0. The maximum Gasteiger partial charge on any atom is 0.0915 e. The van der Waals surface area contributed by atoms with Crippen LogP contribution < -0.4 is 0 Å². The molecule has 3 nitrogen and oxygen atoms in total. The fourth-order valence-corrected chi connectivity index (χ4v) is 11.7. The van der Waals surface area contributed by atoms with E-state index in [1.54, 1.807) is 0 Å². The van der Waals surface area contributed by atoms with Gasteiger partial charge in [0.1, 0.15) is 0 Å². The summed E-state index contributed by atoms with van der Waals surface area (Å²) in [5, 5.41) is 32.3. The molecule has 5 aliphatic carbocycles. The molecule has 3 unspecified atom stereocenters. The van der Waals surface area contributed by atoms with E-state index in [1.807, 2.05) is 0 Å². The number of hydrogen-bond donors (Lipinski definition) is 3. The Balaban J connectivity index is 1.56. The Morgan fingerprint density at radius 3 is 2.15 bits per heavy atom. The van der Waals surface area contributed by atoms with Crippen LogP contribution in [0.1, 0.15) is 98.8 Å². The molecule has 0 aromatic carbocycles. The van der Waals surface area contributed by atoms with Crippen LogP contribution in [-0.4, -0.2) is 28.0 Å². The molecule has 0 bridgehead atoms. The second-order valence-electron chi connectivity index (χ2n) is 14.5. The van der Waals surface area contributed by atoms with Gasteiger partial charge in [-0.3, -0.25) is 0 Å². The van der Waals surface area contributed by atoms with Crippen molar-refractivity contribution in [1.82, 2.24) is 0 Å². The number of fused-ring (bicyclic) bond motifs is 7. The van der Waals surface area contributed by atoms with Crippen LogP contribution >= 0.6 is 0 Å². The lowest BCUT2D eigenvalue weighted by atomic mass is 9.32. The van der Waals surface area contributed by atoms with Crippen molar-refractivity contribution in [3.8, 4) is 0 Å². The lowest BCUT2D eigenvalue weighted by molar-refractivity contribution is -0.253. The zero-order chi connectivity index (χ0) is 24.9. The molecule has 0 saturated heterocycles. The smallest absolute Gasteiger partial charge is 0.0915 e. The Labute approximate surface area is 208 Å². The van der Waals surface area contributed by atoms with Gasteiger partial charge in [0.05, 0.1) is 18.5 Å². The van der Waals surface area contributed by atoms with Gasteiger partial charge >= 0.3 is 0 Å². The van der Waals surface area contributed by atoms with Crippen LogP contribution in [0.15, 0.2) is 24.5 Å². The van der Waals surface area contributed by atoms with Crippen molar-refractivity contribution in [3.63, 3.8) is 0 Å². The molecule has 192 valence electrons. The zero-order valence-electron chi connectivity index (χ0n) is 22.5. The lowest BCUT2D eigenvalue weighted by Crippen LogP contribution is -2.67. The quantitative estimate of drug-likeness (QED) is 0.306. The van der Waals surface area contributed by atoms with Crippen molar-refractivity contribution in [3.05, 3.63) is 24.5 Å². The number of hydrogen-bond acceptors (Lipinski definition) is 3. The number of aliphatic hydroxyl groups is 3. The van der Waals surface area contributed by atoms with Gasteiger partial charge in [-0.25, -0.2) is 0 Å². The summed E-state index contributed by atoms with van der Waals surface area (Å²) in [7, 11) is 0. The van der Waals surface area contributed by atoms with Crippen molar-refractivity contribution in [1.29, 1.82) is 0 Å². The van der Waals surface area contributed by atoms with Crippen LogP contribution in [0.3, 0.4) is 0 Å². The largest absolute Gasteiger partial charge is 0.512 e. The monoisotopic (exact) mass is 470 g/mol. The van der Waals surface area contributed by atoms with E-state index in [4.69, 9.17) is 0 Å². The topological polar surface area (TPSA) is 60.7 Å². The molecule has 5 saturated carbocycles. The van der Waals surface area contributed by atoms with Crippen LogP contribution in [-0.2, 0) is 0 Å². The van der Waals surface area contributed by atoms with Gasteiger partial charge in [-0.15, -0.1) is 0 Å². The Hall–Kier alpha value is -0.800. The summed E-state index contributed by atoms with van der Waals surface area (Å²) in [6, 6.07) is 0. The third kappa shape index (κ3) is 2.78. The number of aliphatic hydroxyl groups excluding tert-OH is 3. The highest BCUT2D eigenvalue weighted by Gasteiger charge is 2.71. The molecule has 0 aromatic rings. The molecule has 0 aromatic heterocycles. The maximum absolute atomic E-state index is 10.9. The van der Waals surface area contributed by atoms with Crippen molar-refractivity contribution >= 4 is 0 Å². The SMILES string of the molecule is C=C(C)[C@@H]1CC[C@]2(C(=C)O)CC[C@]3(C)C(CCC4[C@@]5(C)CC[C@H](O)[C@@](C)(CO)[C@@H]5CC[C@]43C)C12. The van der Waals surface area contributed by atoms with Gasteiger partial charge in [0.15, 0.2) is 0 Å². The van der Waals surface area contributed by atoms with E-state index < -0.39 is 6.10 Å². The minimum atomic E-state index is -0.396. The highest BCUT2D eigenvalue weighted by Crippen LogP contribution is 2.78. The lowest BCUT2D eigenvalue weighted by Gasteiger charge is -2.73. The summed E-state index contributed by atoms with van der Waals surface area (Å²) in [6.45, 7) is 20.7. The van der Waals surface area contributed by atoms with E-state index in [9.17, 15) is 15.3 Å². The van der Waals surface area contributed by atoms with E-state index in [1.165, 1.54) is 31.3 Å².